The number of aliphatic hydroxyl groups is 1. The van der Waals surface area contributed by atoms with Crippen LogP contribution in [0.25, 0.3) is 0 Å². The average Bonchev–Trinajstić information content (AvgIpc) is 1.97. The van der Waals surface area contributed by atoms with Crippen molar-refractivity contribution in [3.05, 3.63) is 11.6 Å². The summed E-state index contributed by atoms with van der Waals surface area (Å²) in [5, 5.41) is 9.41. The van der Waals surface area contributed by atoms with Crippen LogP contribution in [0.5, 0.6) is 0 Å². The summed E-state index contributed by atoms with van der Waals surface area (Å²) in [6.07, 6.45) is -5.81. The van der Waals surface area contributed by atoms with E-state index in [0.717, 1.165) is 13.0 Å². The van der Waals surface area contributed by atoms with Crippen LogP contribution in [0.15, 0.2) is 11.6 Å². The van der Waals surface area contributed by atoms with E-state index in [1.165, 1.54) is 6.92 Å². The first kappa shape index (κ1) is 11.2. The van der Waals surface area contributed by atoms with Gasteiger partial charge in [0.1, 0.15) is 5.41 Å². The van der Waals surface area contributed by atoms with Gasteiger partial charge in [-0.05, 0) is 25.5 Å². The Morgan fingerprint density at radius 2 is 2.07 bits per heavy atom. The first-order chi connectivity index (χ1) is 6.18. The molecule has 0 aromatic rings. The molecule has 0 amide bonds. The zero-order valence-electron chi connectivity index (χ0n) is 7.85. The minimum Gasteiger partial charge on any atom is -0.388 e. The molecule has 0 aromatic heterocycles. The van der Waals surface area contributed by atoms with Crippen LogP contribution in [0.1, 0.15) is 20.3 Å². The lowest BCUT2D eigenvalue weighted by molar-refractivity contribution is -0.244. The molecule has 0 radical (unpaired) electrons. The van der Waals surface area contributed by atoms with Crippen molar-refractivity contribution in [3.63, 3.8) is 0 Å². The summed E-state index contributed by atoms with van der Waals surface area (Å²) in [6.45, 7) is 2.19. The second-order valence-corrected chi connectivity index (χ2v) is 3.85. The molecular formula is C9H11F3O2. The first-order valence-electron chi connectivity index (χ1n) is 4.14. The lowest BCUT2D eigenvalue weighted by Gasteiger charge is -2.38. The molecule has 2 unspecified atom stereocenters. The SMILES string of the molecule is CC1=CC(=O)CC(C)(C(F)(F)F)C1O. The summed E-state index contributed by atoms with van der Waals surface area (Å²) in [4.78, 5) is 11.0. The predicted octanol–water partition coefficient (Wildman–Crippen LogP) is 1.83. The monoisotopic (exact) mass is 208 g/mol. The molecule has 0 aliphatic heterocycles. The predicted molar refractivity (Wildman–Crippen MR) is 43.5 cm³/mol. The molecule has 0 fully saturated rings. The molecule has 0 saturated heterocycles. The number of rotatable bonds is 0. The van der Waals surface area contributed by atoms with E-state index >= 15 is 0 Å². The van der Waals surface area contributed by atoms with E-state index in [1.807, 2.05) is 0 Å². The maximum Gasteiger partial charge on any atom is 0.397 e. The number of hydrogen-bond donors (Lipinski definition) is 1. The topological polar surface area (TPSA) is 37.3 Å². The van der Waals surface area contributed by atoms with Crippen molar-refractivity contribution in [2.45, 2.75) is 32.5 Å². The second-order valence-electron chi connectivity index (χ2n) is 3.85. The third kappa shape index (κ3) is 1.56. The molecule has 0 spiro atoms. The quantitative estimate of drug-likeness (QED) is 0.659. The Kier molecular flexibility index (Phi) is 2.48. The van der Waals surface area contributed by atoms with Crippen LogP contribution in [0.2, 0.25) is 0 Å². The molecule has 1 N–H and O–H groups in total. The van der Waals surface area contributed by atoms with Crippen molar-refractivity contribution in [3.8, 4) is 0 Å². The van der Waals surface area contributed by atoms with Crippen molar-refractivity contribution < 1.29 is 23.1 Å². The second kappa shape index (κ2) is 3.08. The summed E-state index contributed by atoms with van der Waals surface area (Å²) in [6, 6.07) is 0. The third-order valence-electron chi connectivity index (χ3n) is 2.61. The Labute approximate surface area is 79.4 Å². The number of halogens is 3. The Hall–Kier alpha value is -0.840. The molecule has 0 aromatic carbocycles. The van der Waals surface area contributed by atoms with Gasteiger partial charge < -0.3 is 5.11 Å². The lowest BCUT2D eigenvalue weighted by atomic mass is 9.72. The van der Waals surface area contributed by atoms with Crippen LogP contribution in [0.4, 0.5) is 13.2 Å². The molecule has 80 valence electrons. The Bertz CT molecular complexity index is 293. The third-order valence-corrected chi connectivity index (χ3v) is 2.61. The molecule has 14 heavy (non-hydrogen) atoms. The maximum absolute atomic E-state index is 12.6. The number of ketones is 1. The fourth-order valence-corrected chi connectivity index (χ4v) is 1.60. The van der Waals surface area contributed by atoms with E-state index in [2.05, 4.69) is 0 Å². The van der Waals surface area contributed by atoms with Crippen LogP contribution < -0.4 is 0 Å². The van der Waals surface area contributed by atoms with Gasteiger partial charge in [-0.25, -0.2) is 0 Å². The van der Waals surface area contributed by atoms with E-state index in [9.17, 15) is 23.1 Å². The molecule has 5 heteroatoms. The average molecular weight is 208 g/mol. The highest BCUT2D eigenvalue weighted by atomic mass is 19.4. The number of allylic oxidation sites excluding steroid dienone is 1. The molecule has 1 aliphatic carbocycles. The van der Waals surface area contributed by atoms with Gasteiger partial charge in [0.25, 0.3) is 0 Å². The van der Waals surface area contributed by atoms with Gasteiger partial charge in [0.05, 0.1) is 6.10 Å². The van der Waals surface area contributed by atoms with Crippen molar-refractivity contribution in [1.82, 2.24) is 0 Å². The van der Waals surface area contributed by atoms with E-state index < -0.39 is 29.9 Å². The fraction of sp³-hybridized carbons (Fsp3) is 0.667. The minimum absolute atomic E-state index is 0.0704. The highest BCUT2D eigenvalue weighted by Gasteiger charge is 2.58. The summed E-state index contributed by atoms with van der Waals surface area (Å²) in [5.74, 6) is -0.590. The van der Waals surface area contributed by atoms with Crippen molar-refractivity contribution in [2.24, 2.45) is 5.41 Å². The first-order valence-corrected chi connectivity index (χ1v) is 4.14. The zero-order chi connectivity index (χ0) is 11.1. The highest BCUT2D eigenvalue weighted by molar-refractivity contribution is 5.92. The summed E-state index contributed by atoms with van der Waals surface area (Å²) in [5.41, 5.74) is -2.27. The number of aliphatic hydroxyl groups excluding tert-OH is 1. The van der Waals surface area contributed by atoms with E-state index in [4.69, 9.17) is 0 Å². The van der Waals surface area contributed by atoms with Crippen molar-refractivity contribution in [2.75, 3.05) is 0 Å². The zero-order valence-corrected chi connectivity index (χ0v) is 7.85. The van der Waals surface area contributed by atoms with Gasteiger partial charge in [-0.1, -0.05) is 0 Å². The molecule has 1 aliphatic rings. The van der Waals surface area contributed by atoms with Crippen LogP contribution in [-0.4, -0.2) is 23.2 Å². The van der Waals surface area contributed by atoms with Gasteiger partial charge in [0.15, 0.2) is 5.78 Å². The molecule has 0 bridgehead atoms. The van der Waals surface area contributed by atoms with Crippen LogP contribution >= 0.6 is 0 Å². The smallest absolute Gasteiger partial charge is 0.388 e. The normalized spacial score (nSPS) is 34.3. The van der Waals surface area contributed by atoms with Gasteiger partial charge >= 0.3 is 6.18 Å². The highest BCUT2D eigenvalue weighted by Crippen LogP contribution is 2.47. The Balaban J connectivity index is 3.14. The van der Waals surface area contributed by atoms with E-state index in [1.54, 1.807) is 0 Å². The Morgan fingerprint density at radius 1 is 1.57 bits per heavy atom. The van der Waals surface area contributed by atoms with Gasteiger partial charge in [0.2, 0.25) is 0 Å². The molecule has 2 atom stereocenters. The maximum atomic E-state index is 12.6. The van der Waals surface area contributed by atoms with E-state index in [0.29, 0.717) is 0 Å². The number of carbonyl (C=O) groups is 1. The number of alkyl halides is 3. The molecule has 2 nitrogen and oxygen atoms in total. The molecule has 0 saturated carbocycles. The molecule has 0 heterocycles. The van der Waals surface area contributed by atoms with Gasteiger partial charge in [-0.3, -0.25) is 4.79 Å². The molecular weight excluding hydrogens is 197 g/mol. The summed E-state index contributed by atoms with van der Waals surface area (Å²) < 4.78 is 37.7. The standard InChI is InChI=1S/C9H11F3O2/c1-5-3-6(13)4-8(2,7(5)14)9(10,11)12/h3,7,14H,4H2,1-2H3. The largest absolute Gasteiger partial charge is 0.397 e. The fourth-order valence-electron chi connectivity index (χ4n) is 1.60. The van der Waals surface area contributed by atoms with E-state index in [-0.39, 0.29) is 5.57 Å². The van der Waals surface area contributed by atoms with Crippen molar-refractivity contribution in [1.29, 1.82) is 0 Å². The summed E-state index contributed by atoms with van der Waals surface area (Å²) in [7, 11) is 0. The Morgan fingerprint density at radius 3 is 2.50 bits per heavy atom. The van der Waals surface area contributed by atoms with Crippen molar-refractivity contribution >= 4 is 5.78 Å². The van der Waals surface area contributed by atoms with Crippen LogP contribution in [-0.2, 0) is 4.79 Å². The van der Waals surface area contributed by atoms with Crippen LogP contribution in [0, 0.1) is 5.41 Å². The number of carbonyl (C=O) groups excluding carboxylic acids is 1. The summed E-state index contributed by atoms with van der Waals surface area (Å²) >= 11 is 0. The number of hydrogen-bond acceptors (Lipinski definition) is 2. The lowest BCUT2D eigenvalue weighted by Crippen LogP contribution is -2.49. The van der Waals surface area contributed by atoms with Gasteiger partial charge in [-0.2, -0.15) is 13.2 Å². The molecule has 1 rings (SSSR count). The minimum atomic E-state index is -4.57. The van der Waals surface area contributed by atoms with Crippen LogP contribution in [0.3, 0.4) is 0 Å². The van der Waals surface area contributed by atoms with Gasteiger partial charge in [0, 0.05) is 6.42 Å². The van der Waals surface area contributed by atoms with Gasteiger partial charge in [-0.15, -0.1) is 0 Å².